The third kappa shape index (κ3) is 17.5. The second-order valence-corrected chi connectivity index (χ2v) is 20.3. The predicted octanol–water partition coefficient (Wildman–Crippen LogP) is 9.05. The van der Waals surface area contributed by atoms with Crippen LogP contribution in [0.5, 0.6) is 0 Å². The monoisotopic (exact) mass is 1170 g/mol. The molecule has 2 heterocycles. The molecule has 2 amide bonds. The number of nitrogens with zero attached hydrogens (tertiary/aromatic N) is 12. The molecule has 27 heteroatoms. The largest absolute Gasteiger partial charge is 0.445 e. The van der Waals surface area contributed by atoms with Crippen molar-refractivity contribution in [2.75, 3.05) is 13.1 Å². The summed E-state index contributed by atoms with van der Waals surface area (Å²) in [4.78, 5) is 44.9. The Morgan fingerprint density at radius 1 is 0.624 bits per heavy atom. The molecular weight excluding hydrogens is 1100 g/mol. The Kier molecular flexibility index (Phi) is 24.0. The normalized spacial score (nSPS) is 27.4. The van der Waals surface area contributed by atoms with E-state index in [2.05, 4.69) is 50.9 Å². The molecule has 5 aromatic rings. The van der Waals surface area contributed by atoms with Gasteiger partial charge in [0, 0.05) is 38.2 Å². The van der Waals surface area contributed by atoms with Crippen LogP contribution in [0.15, 0.2) is 172 Å². The van der Waals surface area contributed by atoms with Gasteiger partial charge >= 0.3 is 6.09 Å². The molecule has 0 aromatic heterocycles. The molecule has 0 spiro atoms. The summed E-state index contributed by atoms with van der Waals surface area (Å²) in [5.74, 6) is -2.29. The van der Waals surface area contributed by atoms with E-state index in [0.717, 1.165) is 27.8 Å². The molecule has 0 unspecified atom stereocenters. The van der Waals surface area contributed by atoms with Gasteiger partial charge in [-0.3, -0.25) is 4.79 Å². The van der Waals surface area contributed by atoms with Crippen molar-refractivity contribution >= 4 is 12.0 Å². The van der Waals surface area contributed by atoms with Crippen molar-refractivity contribution in [1.29, 1.82) is 0 Å². The number of amides is 2. The summed E-state index contributed by atoms with van der Waals surface area (Å²) in [6, 6.07) is 41.6. The maximum Gasteiger partial charge on any atom is 0.407 e. The number of hydrogen-bond donors (Lipinski definition) is 4. The van der Waals surface area contributed by atoms with Gasteiger partial charge < -0.3 is 63.6 Å². The zero-order chi connectivity index (χ0) is 59.8. The van der Waals surface area contributed by atoms with E-state index < -0.39 is 109 Å². The highest BCUT2D eigenvalue weighted by Gasteiger charge is 2.58. The molecular formula is C58H66N14O13. The molecule has 1 aliphatic carbocycles. The third-order valence-electron chi connectivity index (χ3n) is 14.7. The van der Waals surface area contributed by atoms with Gasteiger partial charge in [0.25, 0.3) is 0 Å². The summed E-state index contributed by atoms with van der Waals surface area (Å²) in [6.07, 6.45) is -17.5. The first-order valence-corrected chi connectivity index (χ1v) is 27.6. The van der Waals surface area contributed by atoms with Crippen LogP contribution < -0.4 is 10.6 Å². The summed E-state index contributed by atoms with van der Waals surface area (Å²) >= 11 is 0. The van der Waals surface area contributed by atoms with Gasteiger partial charge in [0.15, 0.2) is 12.4 Å². The Morgan fingerprint density at radius 3 is 1.65 bits per heavy atom. The number of nitrogens with one attached hydrogen (secondary N) is 2. The number of hydrogen-bond acceptors (Lipinski definition) is 17. The Morgan fingerprint density at radius 2 is 1.13 bits per heavy atom. The van der Waals surface area contributed by atoms with E-state index in [-0.39, 0.29) is 59.0 Å². The van der Waals surface area contributed by atoms with Crippen molar-refractivity contribution in [1.82, 2.24) is 10.6 Å². The number of rotatable bonds is 28. The summed E-state index contributed by atoms with van der Waals surface area (Å²) < 4.78 is 52.2. The first-order valence-electron chi connectivity index (χ1n) is 27.6. The number of ether oxygens (including phenoxy) is 8. The highest BCUT2D eigenvalue weighted by Crippen LogP contribution is 2.42. The van der Waals surface area contributed by atoms with Crippen molar-refractivity contribution in [2.45, 2.75) is 144 Å². The number of benzene rings is 5. The fraction of sp³-hybridized carbons (Fsp3) is 0.448. The predicted molar refractivity (Wildman–Crippen MR) is 303 cm³/mol. The quantitative estimate of drug-likeness (QED) is 0.0157. The molecule has 8 rings (SSSR count). The van der Waals surface area contributed by atoms with Gasteiger partial charge in [0.1, 0.15) is 48.4 Å². The van der Waals surface area contributed by atoms with E-state index >= 15 is 0 Å². The molecule has 4 N–H and O–H groups in total. The van der Waals surface area contributed by atoms with Crippen molar-refractivity contribution in [2.24, 2.45) is 26.5 Å². The lowest BCUT2D eigenvalue weighted by Crippen LogP contribution is -2.69. The summed E-state index contributed by atoms with van der Waals surface area (Å²) in [5, 5.41) is 45.7. The molecule has 1 saturated carbocycles. The van der Waals surface area contributed by atoms with E-state index in [1.807, 2.05) is 127 Å². The molecule has 3 fully saturated rings. The molecule has 27 nitrogen and oxygen atoms in total. The average molecular weight is 1170 g/mol. The molecule has 16 atom stereocenters. The molecule has 5 aromatic carbocycles. The molecule has 446 valence electrons. The molecule has 0 bridgehead atoms. The highest BCUT2D eigenvalue weighted by molar-refractivity contribution is 5.81. The van der Waals surface area contributed by atoms with Crippen molar-refractivity contribution in [3.63, 3.8) is 0 Å². The van der Waals surface area contributed by atoms with Gasteiger partial charge in [-0.25, -0.2) is 4.79 Å². The number of aliphatic hydroxyl groups excluding tert-OH is 2. The van der Waals surface area contributed by atoms with Gasteiger partial charge in [-0.05, 0) is 69.7 Å². The SMILES string of the molecule is C[C@H]1O[C@H]([C@@H]2[C@@H](O)[C@H](O[C@H]3O[C@H](CN=[N+]=[N-])[C@@H](OCc4ccccc4)[C@H](OCc4ccccc4)[C@H]3N=[N+]=[N-])[C@@H](N=[N+]=[N-])C[C@H]2NC(=O)[C@@H](O)CCNC(=O)OCc2ccccc2)[C@H](OCc2ccccc2)[C@@H](OCc2ccccc2)[C@@H]1ON=[N+]=[N-]. The number of azide groups is 4. The minimum absolute atomic E-state index is 0.00915. The van der Waals surface area contributed by atoms with Crippen LogP contribution in [0.3, 0.4) is 0 Å². The van der Waals surface area contributed by atoms with Crippen LogP contribution in [0.25, 0.3) is 41.8 Å². The topological polar surface area (TPSA) is 377 Å². The van der Waals surface area contributed by atoms with E-state index in [1.54, 1.807) is 31.2 Å². The molecule has 3 aliphatic rings. The average Bonchev–Trinajstić information content (AvgIpc) is 3.66. The van der Waals surface area contributed by atoms with Crippen LogP contribution >= 0.6 is 0 Å². The fourth-order valence-corrected chi connectivity index (χ4v) is 10.7. The lowest BCUT2D eigenvalue weighted by atomic mass is 9.71. The van der Waals surface area contributed by atoms with Crippen molar-refractivity contribution in [3.05, 3.63) is 221 Å². The number of carbonyl (C=O) groups excluding carboxylic acids is 2. The molecule has 0 radical (unpaired) electrons. The van der Waals surface area contributed by atoms with Crippen molar-refractivity contribution in [3.8, 4) is 0 Å². The number of carbonyl (C=O) groups is 2. The Balaban J connectivity index is 1.16. The minimum Gasteiger partial charge on any atom is -0.445 e. The van der Waals surface area contributed by atoms with E-state index in [4.69, 9.17) is 42.7 Å². The maximum atomic E-state index is 14.3. The fourth-order valence-electron chi connectivity index (χ4n) is 10.7. The Bertz CT molecular complexity index is 3070. The van der Waals surface area contributed by atoms with Crippen LogP contribution in [0.4, 0.5) is 4.79 Å². The van der Waals surface area contributed by atoms with Gasteiger partial charge in [0.2, 0.25) is 5.91 Å². The summed E-state index contributed by atoms with van der Waals surface area (Å²) in [5.41, 5.74) is 43.4. The molecule has 2 saturated heterocycles. The second kappa shape index (κ2) is 32.5. The van der Waals surface area contributed by atoms with E-state index in [0.29, 0.717) is 0 Å². The summed E-state index contributed by atoms with van der Waals surface area (Å²) in [6.45, 7) is 1.02. The molecule has 85 heavy (non-hydrogen) atoms. The van der Waals surface area contributed by atoms with Gasteiger partial charge in [-0.1, -0.05) is 167 Å². The first-order chi connectivity index (χ1) is 41.6. The van der Waals surface area contributed by atoms with Gasteiger partial charge in [-0.2, -0.15) is 0 Å². The maximum absolute atomic E-state index is 14.3. The van der Waals surface area contributed by atoms with E-state index in [1.165, 1.54) is 0 Å². The lowest BCUT2D eigenvalue weighted by Gasteiger charge is -2.53. The third-order valence-corrected chi connectivity index (χ3v) is 14.7. The van der Waals surface area contributed by atoms with Gasteiger partial charge in [0.05, 0.1) is 69.5 Å². The second-order valence-electron chi connectivity index (χ2n) is 20.3. The zero-order valence-electron chi connectivity index (χ0n) is 46.3. The van der Waals surface area contributed by atoms with Crippen LogP contribution in [-0.4, -0.2) is 127 Å². The zero-order valence-corrected chi connectivity index (χ0v) is 46.3. The summed E-state index contributed by atoms with van der Waals surface area (Å²) in [7, 11) is 0. The molecule has 2 aliphatic heterocycles. The Hall–Kier alpha value is -8.48. The smallest absolute Gasteiger partial charge is 0.407 e. The Labute approximate surface area is 488 Å². The first kappa shape index (κ1) is 62.6. The van der Waals surface area contributed by atoms with E-state index in [9.17, 15) is 41.9 Å². The standard InChI is InChI=1S/C58H66N14O13/c1-36-49(85-72-71-62)54(79-33-39-21-11-4-12-22-39)55(80-34-40-23-13-5-14-24-40)52(82-36)46-42(65-56(75)44(73)27-28-63-58(76)81-35-41-25-15-6-16-26-41)29-43(66-69-60)50(48(46)74)84-57-47(67-70-61)53(78-32-38-19-9-3-10-20-38)51(45(83-57)30-64-68-59)77-31-37-17-7-2-8-18-37/h2-26,36,42-55,57,73-74H,27-35H2,1H3,(H,63,76)(H,65,75)/t36-,42-,43+,44+,45-,46+,47-,48-,49-,50-,51-,52-,53-,54+,55+,57-/m1/s1. The van der Waals surface area contributed by atoms with Crippen LogP contribution in [-0.2, 0) is 80.6 Å². The minimum atomic E-state index is -1.85. The number of aliphatic hydroxyl groups is 2. The van der Waals surface area contributed by atoms with Crippen LogP contribution in [0.2, 0.25) is 0 Å². The van der Waals surface area contributed by atoms with Crippen LogP contribution in [0, 0.1) is 5.92 Å². The van der Waals surface area contributed by atoms with Gasteiger partial charge in [-0.15, -0.1) is 0 Å². The lowest BCUT2D eigenvalue weighted by molar-refractivity contribution is -0.310. The highest BCUT2D eigenvalue weighted by atomic mass is 16.7. The van der Waals surface area contributed by atoms with Crippen LogP contribution in [0.1, 0.15) is 47.6 Å². The van der Waals surface area contributed by atoms with Crippen molar-refractivity contribution < 1.29 is 62.5 Å². The number of alkyl carbamates (subject to hydrolysis) is 1.